The van der Waals surface area contributed by atoms with Crippen molar-refractivity contribution in [3.8, 4) is 11.5 Å². The van der Waals surface area contributed by atoms with Gasteiger partial charge in [0.05, 0.1) is 27.2 Å². The van der Waals surface area contributed by atoms with E-state index in [4.69, 9.17) is 45.3 Å². The SMILES string of the molecule is NC(CCl)=Nc1ccc(Oc2c(Cl)cc(C(F)(F)F)cc2Cl)cc1. The molecule has 0 saturated carbocycles. The van der Waals surface area contributed by atoms with Gasteiger partial charge in [-0.3, -0.25) is 0 Å². The molecule has 0 spiro atoms. The third-order valence-electron chi connectivity index (χ3n) is 2.79. The van der Waals surface area contributed by atoms with Gasteiger partial charge < -0.3 is 10.5 Å². The number of hydrogen-bond acceptors (Lipinski definition) is 2. The summed E-state index contributed by atoms with van der Waals surface area (Å²) in [6.45, 7) is 0. The van der Waals surface area contributed by atoms with Crippen LogP contribution in [0, 0.1) is 0 Å². The molecule has 2 N–H and O–H groups in total. The van der Waals surface area contributed by atoms with Crippen molar-refractivity contribution in [3.05, 3.63) is 52.0 Å². The topological polar surface area (TPSA) is 47.6 Å². The fraction of sp³-hybridized carbons (Fsp3) is 0.133. The summed E-state index contributed by atoms with van der Waals surface area (Å²) in [5.74, 6) is 0.596. The molecule has 0 atom stereocenters. The van der Waals surface area contributed by atoms with Crippen LogP contribution in [0.2, 0.25) is 10.0 Å². The Bertz CT molecular complexity index is 739. The lowest BCUT2D eigenvalue weighted by Crippen LogP contribution is -2.12. The molecule has 0 saturated heterocycles. The molecule has 0 fully saturated rings. The van der Waals surface area contributed by atoms with Gasteiger partial charge in [-0.1, -0.05) is 23.2 Å². The molecule has 3 nitrogen and oxygen atoms in total. The first kappa shape index (κ1) is 18.7. The average molecular weight is 398 g/mol. The first-order valence-electron chi connectivity index (χ1n) is 6.44. The summed E-state index contributed by atoms with van der Waals surface area (Å²) >= 11 is 17.2. The van der Waals surface area contributed by atoms with E-state index in [0.717, 1.165) is 12.1 Å². The Kier molecular flexibility index (Phi) is 5.85. The molecule has 0 heterocycles. The summed E-state index contributed by atoms with van der Waals surface area (Å²) in [6.07, 6.45) is -4.55. The van der Waals surface area contributed by atoms with Gasteiger partial charge in [-0.05, 0) is 36.4 Å². The number of aliphatic imine (C=N–C) groups is 1. The van der Waals surface area contributed by atoms with Crippen LogP contribution in [-0.4, -0.2) is 11.7 Å². The summed E-state index contributed by atoms with van der Waals surface area (Å²) in [7, 11) is 0. The number of halogens is 6. The molecule has 0 aliphatic heterocycles. The number of amidine groups is 1. The van der Waals surface area contributed by atoms with Gasteiger partial charge in [0.25, 0.3) is 0 Å². The van der Waals surface area contributed by atoms with E-state index in [1.807, 2.05) is 0 Å². The zero-order valence-electron chi connectivity index (χ0n) is 11.9. The number of hydrogen-bond donors (Lipinski definition) is 1. The number of benzene rings is 2. The lowest BCUT2D eigenvalue weighted by atomic mass is 10.2. The van der Waals surface area contributed by atoms with Gasteiger partial charge in [-0.15, -0.1) is 11.6 Å². The van der Waals surface area contributed by atoms with Gasteiger partial charge in [-0.2, -0.15) is 13.2 Å². The number of ether oxygens (including phenoxy) is 1. The second-order valence-corrected chi connectivity index (χ2v) is 5.68. The molecule has 9 heteroatoms. The lowest BCUT2D eigenvalue weighted by Gasteiger charge is -2.13. The maximum atomic E-state index is 12.7. The Morgan fingerprint density at radius 1 is 1.08 bits per heavy atom. The zero-order chi connectivity index (χ0) is 17.9. The van der Waals surface area contributed by atoms with Crippen molar-refractivity contribution in [1.29, 1.82) is 0 Å². The smallest absolute Gasteiger partial charge is 0.416 e. The second kappa shape index (κ2) is 7.51. The highest BCUT2D eigenvalue weighted by atomic mass is 35.5. The first-order valence-corrected chi connectivity index (χ1v) is 7.73. The van der Waals surface area contributed by atoms with Crippen molar-refractivity contribution in [2.24, 2.45) is 10.7 Å². The minimum atomic E-state index is -4.55. The summed E-state index contributed by atoms with van der Waals surface area (Å²) in [5.41, 5.74) is 5.11. The van der Waals surface area contributed by atoms with Gasteiger partial charge in [0, 0.05) is 0 Å². The zero-order valence-corrected chi connectivity index (χ0v) is 14.1. The minimum absolute atomic E-state index is 0.0668. The molecule has 0 bridgehead atoms. The van der Waals surface area contributed by atoms with E-state index in [9.17, 15) is 13.2 Å². The minimum Gasteiger partial charge on any atom is -0.454 e. The highest BCUT2D eigenvalue weighted by Gasteiger charge is 2.32. The largest absolute Gasteiger partial charge is 0.454 e. The first-order chi connectivity index (χ1) is 11.2. The highest BCUT2D eigenvalue weighted by molar-refractivity contribution is 6.37. The van der Waals surface area contributed by atoms with E-state index in [0.29, 0.717) is 11.4 Å². The summed E-state index contributed by atoms with van der Waals surface area (Å²) in [5, 5.41) is -0.494. The van der Waals surface area contributed by atoms with Crippen LogP contribution in [0.3, 0.4) is 0 Å². The maximum absolute atomic E-state index is 12.7. The molecule has 0 aliphatic rings. The molecule has 0 radical (unpaired) electrons. The van der Waals surface area contributed by atoms with Crippen LogP contribution in [0.25, 0.3) is 0 Å². The molecule has 0 amide bonds. The third kappa shape index (κ3) is 4.69. The van der Waals surface area contributed by atoms with Crippen molar-refractivity contribution in [1.82, 2.24) is 0 Å². The summed E-state index contributed by atoms with van der Waals surface area (Å²) in [6, 6.07) is 7.79. The van der Waals surface area contributed by atoms with Crippen LogP contribution in [0.5, 0.6) is 11.5 Å². The molecule has 2 aromatic carbocycles. The molecular weight excluding hydrogens is 388 g/mol. The van der Waals surface area contributed by atoms with Crippen LogP contribution < -0.4 is 10.5 Å². The van der Waals surface area contributed by atoms with E-state index < -0.39 is 11.7 Å². The Morgan fingerprint density at radius 3 is 2.08 bits per heavy atom. The van der Waals surface area contributed by atoms with Crippen molar-refractivity contribution < 1.29 is 17.9 Å². The number of alkyl halides is 4. The number of rotatable bonds is 4. The Balaban J connectivity index is 2.25. The average Bonchev–Trinajstić information content (AvgIpc) is 2.51. The van der Waals surface area contributed by atoms with Gasteiger partial charge in [-0.25, -0.2) is 4.99 Å². The lowest BCUT2D eigenvalue weighted by molar-refractivity contribution is -0.137. The van der Waals surface area contributed by atoms with Gasteiger partial charge >= 0.3 is 6.18 Å². The Hall–Kier alpha value is -1.63. The number of nitrogens with two attached hydrogens (primary N) is 1. The normalized spacial score (nSPS) is 12.3. The number of nitrogens with zero attached hydrogens (tertiary/aromatic N) is 1. The molecule has 24 heavy (non-hydrogen) atoms. The predicted molar refractivity (Wildman–Crippen MR) is 90.0 cm³/mol. The standard InChI is InChI=1S/C15H10Cl3F3N2O/c16-7-13(22)23-9-1-3-10(4-2-9)24-14-11(17)5-8(6-12(14)18)15(19,20)21/h1-6H,7H2,(H2,22,23). The third-order valence-corrected chi connectivity index (χ3v) is 3.63. The van der Waals surface area contributed by atoms with E-state index >= 15 is 0 Å². The quantitative estimate of drug-likeness (QED) is 0.389. The Labute approximate surface area is 150 Å². The fourth-order valence-corrected chi connectivity index (χ4v) is 2.35. The molecule has 0 aliphatic carbocycles. The van der Waals surface area contributed by atoms with Gasteiger partial charge in [0.1, 0.15) is 11.6 Å². The van der Waals surface area contributed by atoms with Crippen molar-refractivity contribution in [2.45, 2.75) is 6.18 Å². The Morgan fingerprint density at radius 2 is 1.62 bits per heavy atom. The molecular formula is C15H10Cl3F3N2O. The van der Waals surface area contributed by atoms with Crippen LogP contribution in [0.15, 0.2) is 41.4 Å². The monoisotopic (exact) mass is 396 g/mol. The maximum Gasteiger partial charge on any atom is 0.416 e. The summed E-state index contributed by atoms with van der Waals surface area (Å²) in [4.78, 5) is 4.03. The predicted octanol–water partition coefficient (Wildman–Crippen LogP) is 6.03. The molecule has 128 valence electrons. The van der Waals surface area contributed by atoms with E-state index in [2.05, 4.69) is 4.99 Å². The molecule has 0 unspecified atom stereocenters. The van der Waals surface area contributed by atoms with Crippen molar-refractivity contribution in [3.63, 3.8) is 0 Å². The van der Waals surface area contributed by atoms with Crippen LogP contribution in [0.4, 0.5) is 18.9 Å². The van der Waals surface area contributed by atoms with Crippen LogP contribution in [-0.2, 0) is 6.18 Å². The summed E-state index contributed by atoms with van der Waals surface area (Å²) < 4.78 is 43.5. The van der Waals surface area contributed by atoms with Gasteiger partial charge in [0.15, 0.2) is 5.75 Å². The highest BCUT2D eigenvalue weighted by Crippen LogP contribution is 2.41. The van der Waals surface area contributed by atoms with E-state index in [-0.39, 0.29) is 27.5 Å². The molecule has 2 aromatic rings. The molecule has 0 aromatic heterocycles. The van der Waals surface area contributed by atoms with Crippen LogP contribution in [0.1, 0.15) is 5.56 Å². The van der Waals surface area contributed by atoms with E-state index in [1.54, 1.807) is 24.3 Å². The van der Waals surface area contributed by atoms with Crippen molar-refractivity contribution in [2.75, 3.05) is 5.88 Å². The van der Waals surface area contributed by atoms with E-state index in [1.165, 1.54) is 0 Å². The fourth-order valence-electron chi connectivity index (χ4n) is 1.72. The van der Waals surface area contributed by atoms with Gasteiger partial charge in [0.2, 0.25) is 0 Å². The second-order valence-electron chi connectivity index (χ2n) is 4.60. The van der Waals surface area contributed by atoms with Crippen molar-refractivity contribution >= 4 is 46.3 Å². The molecule has 2 rings (SSSR count). The van der Waals surface area contributed by atoms with Crippen LogP contribution >= 0.6 is 34.8 Å².